The molecule has 3 aromatic rings. The van der Waals surface area contributed by atoms with Crippen LogP contribution in [0.25, 0.3) is 6.08 Å². The molecule has 158 valence electrons. The number of carbonyl (C=O) groups excluding carboxylic acids is 1. The minimum atomic E-state index is -1.11. The topological polar surface area (TPSA) is 97.8 Å². The number of methoxy groups -OCH3 is 1. The maximum atomic E-state index is 12.2. The van der Waals surface area contributed by atoms with Crippen molar-refractivity contribution in [2.45, 2.75) is 6.42 Å². The van der Waals surface area contributed by atoms with Crippen LogP contribution in [0.1, 0.15) is 21.5 Å². The number of carboxylic acids is 1. The molecule has 0 radical (unpaired) electrons. The summed E-state index contributed by atoms with van der Waals surface area (Å²) in [5, 5.41) is 11.8. The number of carbonyl (C=O) groups is 2. The summed E-state index contributed by atoms with van der Waals surface area (Å²) >= 11 is 0. The highest BCUT2D eigenvalue weighted by atomic mass is 16.5. The number of ether oxygens (including phenoxy) is 2. The minimum Gasteiger partial charge on any atom is -0.493 e. The van der Waals surface area contributed by atoms with E-state index in [1.54, 1.807) is 55.9 Å². The van der Waals surface area contributed by atoms with Crippen LogP contribution in [-0.2, 0) is 11.2 Å². The number of hydrogen-bond acceptors (Lipinski definition) is 5. The van der Waals surface area contributed by atoms with E-state index >= 15 is 0 Å². The van der Waals surface area contributed by atoms with Gasteiger partial charge in [-0.05, 0) is 47.5 Å². The summed E-state index contributed by atoms with van der Waals surface area (Å²) in [5.74, 6) is -0.403. The predicted molar refractivity (Wildman–Crippen MR) is 117 cm³/mol. The highest BCUT2D eigenvalue weighted by molar-refractivity contribution is 6.06. The Morgan fingerprint density at radius 3 is 2.68 bits per heavy atom. The van der Waals surface area contributed by atoms with Gasteiger partial charge in [0.2, 0.25) is 5.91 Å². The van der Waals surface area contributed by atoms with Gasteiger partial charge in [-0.3, -0.25) is 9.78 Å². The first kappa shape index (κ1) is 21.6. The van der Waals surface area contributed by atoms with Gasteiger partial charge in [0, 0.05) is 24.9 Å². The zero-order chi connectivity index (χ0) is 22.1. The van der Waals surface area contributed by atoms with Crippen LogP contribution in [-0.4, -0.2) is 35.7 Å². The van der Waals surface area contributed by atoms with Crippen LogP contribution in [0, 0.1) is 0 Å². The molecule has 0 spiro atoms. The van der Waals surface area contributed by atoms with Crippen LogP contribution < -0.4 is 14.8 Å². The van der Waals surface area contributed by atoms with Gasteiger partial charge in [-0.2, -0.15) is 0 Å². The Kier molecular flexibility index (Phi) is 7.37. The average Bonchev–Trinajstić information content (AvgIpc) is 2.79. The van der Waals surface area contributed by atoms with E-state index < -0.39 is 11.9 Å². The summed E-state index contributed by atoms with van der Waals surface area (Å²) < 4.78 is 11.2. The fraction of sp³-hybridized carbons (Fsp3) is 0.125. The lowest BCUT2D eigenvalue weighted by atomic mass is 10.1. The Morgan fingerprint density at radius 2 is 1.94 bits per heavy atom. The molecule has 2 aromatic carbocycles. The van der Waals surface area contributed by atoms with Crippen molar-refractivity contribution in [3.63, 3.8) is 0 Å². The number of anilines is 1. The molecule has 0 bridgehead atoms. The van der Waals surface area contributed by atoms with Crippen LogP contribution in [0.3, 0.4) is 0 Å². The van der Waals surface area contributed by atoms with E-state index in [0.29, 0.717) is 24.5 Å². The zero-order valence-corrected chi connectivity index (χ0v) is 16.9. The first-order valence-corrected chi connectivity index (χ1v) is 9.58. The minimum absolute atomic E-state index is 0.0259. The molecule has 7 nitrogen and oxygen atoms in total. The first-order valence-electron chi connectivity index (χ1n) is 9.58. The fourth-order valence-corrected chi connectivity index (χ4v) is 2.86. The van der Waals surface area contributed by atoms with E-state index in [1.165, 1.54) is 18.2 Å². The van der Waals surface area contributed by atoms with Crippen molar-refractivity contribution in [1.82, 2.24) is 4.98 Å². The van der Waals surface area contributed by atoms with Crippen molar-refractivity contribution in [3.05, 3.63) is 89.8 Å². The van der Waals surface area contributed by atoms with E-state index in [4.69, 9.17) is 9.47 Å². The molecule has 1 heterocycles. The van der Waals surface area contributed by atoms with E-state index in [1.807, 2.05) is 12.1 Å². The molecule has 1 aromatic heterocycles. The van der Waals surface area contributed by atoms with Gasteiger partial charge in [0.15, 0.2) is 11.5 Å². The third-order valence-electron chi connectivity index (χ3n) is 4.40. The van der Waals surface area contributed by atoms with E-state index in [9.17, 15) is 14.7 Å². The second-order valence-electron chi connectivity index (χ2n) is 6.54. The summed E-state index contributed by atoms with van der Waals surface area (Å²) in [6, 6.07) is 15.4. The molecule has 0 aliphatic carbocycles. The van der Waals surface area contributed by atoms with Crippen LogP contribution in [0.2, 0.25) is 0 Å². The maximum absolute atomic E-state index is 12.2. The molecule has 0 saturated carbocycles. The highest BCUT2D eigenvalue weighted by Crippen LogP contribution is 2.28. The highest BCUT2D eigenvalue weighted by Gasteiger charge is 2.10. The number of benzene rings is 2. The molecule has 0 fully saturated rings. The summed E-state index contributed by atoms with van der Waals surface area (Å²) in [6.45, 7) is 0.446. The standard InChI is InChI=1S/C24H22N2O5/c1-30-21-10-8-17(15-22(21)31-14-12-18-5-4-13-25-16-18)9-11-23(27)26-20-7-3-2-6-19(20)24(28)29/h2-11,13,15-16H,12,14H2,1H3,(H,26,27)(H,28,29). The molecule has 0 saturated heterocycles. The molecule has 0 aliphatic heterocycles. The van der Waals surface area contributed by atoms with Crippen LogP contribution in [0.4, 0.5) is 5.69 Å². The number of para-hydroxylation sites is 1. The number of carboxylic acid groups (broad SMARTS) is 1. The molecule has 0 atom stereocenters. The zero-order valence-electron chi connectivity index (χ0n) is 16.9. The fourth-order valence-electron chi connectivity index (χ4n) is 2.86. The van der Waals surface area contributed by atoms with Gasteiger partial charge in [-0.1, -0.05) is 24.3 Å². The predicted octanol–water partition coefficient (Wildman–Crippen LogP) is 4.06. The SMILES string of the molecule is COc1ccc(C=CC(=O)Nc2ccccc2C(=O)O)cc1OCCc1cccnc1. The van der Waals surface area contributed by atoms with Crippen molar-refractivity contribution in [3.8, 4) is 11.5 Å². The summed E-state index contributed by atoms with van der Waals surface area (Å²) in [4.78, 5) is 27.6. The Labute approximate surface area is 180 Å². The van der Waals surface area contributed by atoms with Gasteiger partial charge in [-0.15, -0.1) is 0 Å². The quantitative estimate of drug-likeness (QED) is 0.509. The summed E-state index contributed by atoms with van der Waals surface area (Å²) in [7, 11) is 1.56. The molecule has 7 heteroatoms. The second kappa shape index (κ2) is 10.6. The smallest absolute Gasteiger partial charge is 0.337 e. The van der Waals surface area contributed by atoms with Crippen LogP contribution >= 0.6 is 0 Å². The van der Waals surface area contributed by atoms with E-state index in [2.05, 4.69) is 10.3 Å². The Bertz CT molecular complexity index is 1080. The molecule has 0 unspecified atom stereocenters. The third-order valence-corrected chi connectivity index (χ3v) is 4.40. The molecular formula is C24H22N2O5. The van der Waals surface area contributed by atoms with Crippen molar-refractivity contribution < 1.29 is 24.2 Å². The van der Waals surface area contributed by atoms with Gasteiger partial charge < -0.3 is 19.9 Å². The van der Waals surface area contributed by atoms with Crippen LogP contribution in [0.15, 0.2) is 73.1 Å². The Hall–Kier alpha value is -4.13. The third kappa shape index (κ3) is 6.17. The van der Waals surface area contributed by atoms with Crippen LogP contribution in [0.5, 0.6) is 11.5 Å². The average molecular weight is 418 g/mol. The lowest BCUT2D eigenvalue weighted by molar-refractivity contribution is -0.111. The monoisotopic (exact) mass is 418 g/mol. The normalized spacial score (nSPS) is 10.6. The van der Waals surface area contributed by atoms with Gasteiger partial charge >= 0.3 is 5.97 Å². The van der Waals surface area contributed by atoms with Gasteiger partial charge in [0.1, 0.15) is 0 Å². The number of aromatic carboxylic acids is 1. The van der Waals surface area contributed by atoms with Crippen molar-refractivity contribution in [2.75, 3.05) is 19.0 Å². The van der Waals surface area contributed by atoms with Crippen molar-refractivity contribution in [2.24, 2.45) is 0 Å². The number of nitrogens with one attached hydrogen (secondary N) is 1. The second-order valence-corrected chi connectivity index (χ2v) is 6.54. The number of rotatable bonds is 9. The Morgan fingerprint density at radius 1 is 1.10 bits per heavy atom. The Balaban J connectivity index is 1.65. The van der Waals surface area contributed by atoms with Gasteiger partial charge in [0.05, 0.1) is 25.0 Å². The number of aromatic nitrogens is 1. The first-order chi connectivity index (χ1) is 15.1. The van der Waals surface area contributed by atoms with E-state index in [-0.39, 0.29) is 11.3 Å². The van der Waals surface area contributed by atoms with Crippen molar-refractivity contribution >= 4 is 23.6 Å². The molecule has 3 rings (SSSR count). The molecule has 1 amide bonds. The number of amides is 1. The lowest BCUT2D eigenvalue weighted by Gasteiger charge is -2.11. The number of nitrogens with zero attached hydrogens (tertiary/aromatic N) is 1. The number of pyridine rings is 1. The summed E-state index contributed by atoms with van der Waals surface area (Å²) in [5.41, 5.74) is 2.06. The maximum Gasteiger partial charge on any atom is 0.337 e. The molecule has 0 aliphatic rings. The van der Waals surface area contributed by atoms with Crippen molar-refractivity contribution in [1.29, 1.82) is 0 Å². The molecular weight excluding hydrogens is 396 g/mol. The van der Waals surface area contributed by atoms with E-state index in [0.717, 1.165) is 11.1 Å². The number of hydrogen-bond donors (Lipinski definition) is 2. The lowest BCUT2D eigenvalue weighted by Crippen LogP contribution is -2.11. The van der Waals surface area contributed by atoms with Gasteiger partial charge in [-0.25, -0.2) is 4.79 Å². The molecule has 2 N–H and O–H groups in total. The summed E-state index contributed by atoms with van der Waals surface area (Å²) in [6.07, 6.45) is 7.16. The molecule has 31 heavy (non-hydrogen) atoms. The largest absolute Gasteiger partial charge is 0.493 e. The van der Waals surface area contributed by atoms with Gasteiger partial charge in [0.25, 0.3) is 0 Å².